The van der Waals surface area contributed by atoms with Crippen molar-refractivity contribution in [3.8, 4) is 0 Å². The average Bonchev–Trinajstić information content (AvgIpc) is 3.51. The van der Waals surface area contributed by atoms with Gasteiger partial charge >= 0.3 is 0 Å². The van der Waals surface area contributed by atoms with Crippen LogP contribution in [0.4, 0.5) is 0 Å². The van der Waals surface area contributed by atoms with Crippen molar-refractivity contribution in [2.75, 3.05) is 26.7 Å². The zero-order valence-corrected chi connectivity index (χ0v) is 17.0. The predicted molar refractivity (Wildman–Crippen MR) is 114 cm³/mol. The number of likely N-dealkylation sites (tertiary alicyclic amines) is 1. The summed E-state index contributed by atoms with van der Waals surface area (Å²) in [5, 5.41) is 6.46. The molecule has 2 amide bonds. The van der Waals surface area contributed by atoms with Crippen LogP contribution in [0.15, 0.2) is 41.4 Å². The number of imide groups is 1. The summed E-state index contributed by atoms with van der Waals surface area (Å²) < 4.78 is 0. The van der Waals surface area contributed by atoms with Gasteiger partial charge in [0.15, 0.2) is 5.96 Å². The van der Waals surface area contributed by atoms with Crippen LogP contribution < -0.4 is 10.6 Å². The quantitative estimate of drug-likeness (QED) is 0.288. The highest BCUT2D eigenvalue weighted by atomic mass is 16.2. The minimum atomic E-state index is -0.131. The topological polar surface area (TPSA) is 102 Å². The summed E-state index contributed by atoms with van der Waals surface area (Å²) >= 11 is 0. The maximum Gasteiger partial charge on any atom is 0.233 e. The van der Waals surface area contributed by atoms with E-state index in [4.69, 9.17) is 0 Å². The number of imidazole rings is 1. The second-order valence-corrected chi connectivity index (χ2v) is 8.20. The monoisotopic (exact) mass is 406 g/mol. The van der Waals surface area contributed by atoms with Gasteiger partial charge in [0.1, 0.15) is 5.82 Å². The predicted octanol–water partition coefficient (Wildman–Crippen LogP) is 1.08. The van der Waals surface area contributed by atoms with E-state index in [0.717, 1.165) is 29.7 Å². The lowest BCUT2D eigenvalue weighted by atomic mass is 9.85. The first-order chi connectivity index (χ1) is 14.7. The number of nitrogens with one attached hydrogen (secondary N) is 3. The molecule has 2 aromatic rings. The van der Waals surface area contributed by atoms with Crippen LogP contribution in [-0.4, -0.2) is 59.3 Å². The number of rotatable bonds is 6. The van der Waals surface area contributed by atoms with E-state index in [9.17, 15) is 9.59 Å². The van der Waals surface area contributed by atoms with E-state index >= 15 is 0 Å². The second kappa shape index (κ2) is 7.59. The highest BCUT2D eigenvalue weighted by Crippen LogP contribution is 2.52. The lowest BCUT2D eigenvalue weighted by Gasteiger charge is -2.18. The summed E-state index contributed by atoms with van der Waals surface area (Å²) in [5.74, 6) is 1.80. The normalized spacial score (nSPS) is 27.4. The van der Waals surface area contributed by atoms with Gasteiger partial charge in [-0.25, -0.2) is 4.98 Å². The van der Waals surface area contributed by atoms with E-state index in [-0.39, 0.29) is 35.5 Å². The molecule has 3 aliphatic rings. The number of carbonyl (C=O) groups is 2. The van der Waals surface area contributed by atoms with Gasteiger partial charge < -0.3 is 15.6 Å². The molecule has 4 unspecified atom stereocenters. The van der Waals surface area contributed by atoms with Crippen LogP contribution in [0.1, 0.15) is 12.2 Å². The molecule has 8 heteroatoms. The highest BCUT2D eigenvalue weighted by Gasteiger charge is 2.58. The van der Waals surface area contributed by atoms with E-state index in [1.165, 1.54) is 4.90 Å². The van der Waals surface area contributed by atoms with Gasteiger partial charge in [-0.05, 0) is 30.4 Å². The van der Waals surface area contributed by atoms with Gasteiger partial charge in [-0.3, -0.25) is 19.5 Å². The van der Waals surface area contributed by atoms with E-state index < -0.39 is 0 Å². The largest absolute Gasteiger partial charge is 0.356 e. The van der Waals surface area contributed by atoms with Crippen LogP contribution in [0, 0.1) is 23.7 Å². The zero-order valence-electron chi connectivity index (χ0n) is 17.0. The van der Waals surface area contributed by atoms with Gasteiger partial charge in [0.2, 0.25) is 11.8 Å². The van der Waals surface area contributed by atoms with Crippen molar-refractivity contribution in [1.29, 1.82) is 0 Å². The second-order valence-electron chi connectivity index (χ2n) is 8.20. The van der Waals surface area contributed by atoms with E-state index in [1.54, 1.807) is 7.05 Å². The summed E-state index contributed by atoms with van der Waals surface area (Å²) in [6.07, 6.45) is 5.93. The molecule has 3 N–H and O–H groups in total. The number of hydrogen-bond donors (Lipinski definition) is 3. The van der Waals surface area contributed by atoms with Crippen LogP contribution in [0.5, 0.6) is 0 Å². The molecule has 1 aliphatic heterocycles. The molecule has 1 saturated carbocycles. The molecule has 156 valence electrons. The molecule has 1 saturated heterocycles. The van der Waals surface area contributed by atoms with Crippen molar-refractivity contribution < 1.29 is 9.59 Å². The summed E-state index contributed by atoms with van der Waals surface area (Å²) in [5.41, 5.74) is 1.99. The number of H-pyrrole nitrogens is 1. The smallest absolute Gasteiger partial charge is 0.233 e. The van der Waals surface area contributed by atoms with Crippen LogP contribution >= 0.6 is 0 Å². The molecule has 5 rings (SSSR count). The Balaban J connectivity index is 1.09. The number of hydrogen-bond acceptors (Lipinski definition) is 4. The summed E-state index contributed by atoms with van der Waals surface area (Å²) in [7, 11) is 1.70. The third-order valence-corrected chi connectivity index (χ3v) is 6.51. The minimum Gasteiger partial charge on any atom is -0.356 e. The first-order valence-corrected chi connectivity index (χ1v) is 10.6. The lowest BCUT2D eigenvalue weighted by Crippen LogP contribution is -2.44. The molecule has 1 aromatic heterocycles. The van der Waals surface area contributed by atoms with Gasteiger partial charge in [0.05, 0.1) is 22.9 Å². The van der Waals surface area contributed by atoms with E-state index in [2.05, 4.69) is 37.7 Å². The van der Waals surface area contributed by atoms with Crippen molar-refractivity contribution >= 4 is 28.8 Å². The van der Waals surface area contributed by atoms with Gasteiger partial charge in [0, 0.05) is 33.1 Å². The zero-order chi connectivity index (χ0) is 20.7. The number of carbonyl (C=O) groups excluding carboxylic acids is 2. The van der Waals surface area contributed by atoms with Gasteiger partial charge in [-0.15, -0.1) is 0 Å². The number of amides is 2. The Morgan fingerprint density at radius 1 is 1.13 bits per heavy atom. The van der Waals surface area contributed by atoms with Crippen molar-refractivity contribution in [3.63, 3.8) is 0 Å². The molecule has 30 heavy (non-hydrogen) atoms. The van der Waals surface area contributed by atoms with Gasteiger partial charge in [0.25, 0.3) is 0 Å². The van der Waals surface area contributed by atoms with Crippen LogP contribution in [0.2, 0.25) is 0 Å². The number of allylic oxidation sites excluding steroid dienone is 2. The number of para-hydroxylation sites is 2. The Bertz CT molecular complexity index is 978. The minimum absolute atomic E-state index is 0.00326. The molecule has 0 spiro atoms. The number of aromatic nitrogens is 2. The third-order valence-electron chi connectivity index (χ3n) is 6.51. The molecule has 2 aliphatic carbocycles. The lowest BCUT2D eigenvalue weighted by molar-refractivity contribution is -0.140. The molecule has 2 fully saturated rings. The highest BCUT2D eigenvalue weighted by molar-refractivity contribution is 6.06. The number of aromatic amines is 1. The van der Waals surface area contributed by atoms with Crippen molar-refractivity contribution in [2.45, 2.75) is 12.8 Å². The first-order valence-electron chi connectivity index (χ1n) is 10.6. The SMILES string of the molecule is CN=C(NCCc1nc2ccccc2[nH]1)NCCN1C(=O)C2C3C=CC(C3)C2C1=O. The third kappa shape index (κ3) is 3.16. The number of benzene rings is 1. The summed E-state index contributed by atoms with van der Waals surface area (Å²) in [6.45, 7) is 1.51. The van der Waals surface area contributed by atoms with Crippen molar-refractivity contribution in [1.82, 2.24) is 25.5 Å². The standard InChI is InChI=1S/C22H26N6O2/c1-23-22(24-9-8-17-26-15-4-2-3-5-16(15)27-17)25-10-11-28-20(29)18-13-6-7-14(12-13)19(18)21(28)30/h2-7,13-14,18-19H,8-12H2,1H3,(H,26,27)(H2,23,24,25). The van der Waals surface area contributed by atoms with Gasteiger partial charge in [-0.2, -0.15) is 0 Å². The molecular formula is C22H26N6O2. The van der Waals surface area contributed by atoms with Crippen LogP contribution in [-0.2, 0) is 16.0 Å². The molecule has 2 heterocycles. The Hall–Kier alpha value is -3.16. The number of guanidine groups is 1. The number of aliphatic imine (C=N–C) groups is 1. The van der Waals surface area contributed by atoms with Crippen LogP contribution in [0.25, 0.3) is 11.0 Å². The molecular weight excluding hydrogens is 380 g/mol. The number of nitrogens with zero attached hydrogens (tertiary/aromatic N) is 3. The maximum absolute atomic E-state index is 12.7. The molecule has 2 bridgehead atoms. The molecule has 4 atom stereocenters. The Morgan fingerprint density at radius 3 is 2.53 bits per heavy atom. The van der Waals surface area contributed by atoms with Crippen LogP contribution in [0.3, 0.4) is 0 Å². The summed E-state index contributed by atoms with van der Waals surface area (Å²) in [4.78, 5) is 39.0. The first kappa shape index (κ1) is 18.8. The maximum atomic E-state index is 12.7. The van der Waals surface area contributed by atoms with E-state index in [0.29, 0.717) is 25.6 Å². The van der Waals surface area contributed by atoms with Crippen molar-refractivity contribution in [2.24, 2.45) is 28.7 Å². The van der Waals surface area contributed by atoms with Crippen molar-refractivity contribution in [3.05, 3.63) is 42.2 Å². The molecule has 8 nitrogen and oxygen atoms in total. The molecule has 0 radical (unpaired) electrons. The van der Waals surface area contributed by atoms with E-state index in [1.807, 2.05) is 24.3 Å². The fourth-order valence-electron chi connectivity index (χ4n) is 5.11. The fraction of sp³-hybridized carbons (Fsp3) is 0.455. The fourth-order valence-corrected chi connectivity index (χ4v) is 5.11. The summed E-state index contributed by atoms with van der Waals surface area (Å²) in [6, 6.07) is 7.95. The molecule has 1 aromatic carbocycles. The van der Waals surface area contributed by atoms with Gasteiger partial charge in [-0.1, -0.05) is 24.3 Å². The Kier molecular flexibility index (Phi) is 4.77. The average molecular weight is 406 g/mol. The number of fused-ring (bicyclic) bond motifs is 6. The Morgan fingerprint density at radius 2 is 1.83 bits per heavy atom. The Labute approximate surface area is 174 Å².